The van der Waals surface area contributed by atoms with E-state index in [2.05, 4.69) is 10.1 Å². The summed E-state index contributed by atoms with van der Waals surface area (Å²) >= 11 is 0. The van der Waals surface area contributed by atoms with E-state index < -0.39 is 0 Å². The summed E-state index contributed by atoms with van der Waals surface area (Å²) in [6.45, 7) is 2.03. The number of aromatic hydroxyl groups is 1. The number of hydrogen-bond donors (Lipinski definition) is 1. The topological polar surface area (TPSA) is 68.4 Å². The molecule has 1 N–H and O–H groups in total. The quantitative estimate of drug-likeness (QED) is 0.882. The Morgan fingerprint density at radius 2 is 2.22 bits per heavy atom. The summed E-state index contributed by atoms with van der Waals surface area (Å²) in [5.41, 5.74) is 0.732. The van der Waals surface area contributed by atoms with Crippen molar-refractivity contribution in [3.8, 4) is 17.1 Å². The Bertz CT molecular complexity index is 553. The molecule has 1 aromatic heterocycles. The van der Waals surface area contributed by atoms with E-state index in [4.69, 9.17) is 9.26 Å². The van der Waals surface area contributed by atoms with E-state index in [-0.39, 0.29) is 18.0 Å². The molecule has 2 aromatic rings. The highest BCUT2D eigenvalue weighted by molar-refractivity contribution is 5.56. The van der Waals surface area contributed by atoms with Crippen molar-refractivity contribution in [3.63, 3.8) is 0 Å². The first-order chi connectivity index (χ1) is 8.72. The molecule has 0 radical (unpaired) electrons. The Hall–Kier alpha value is -1.88. The lowest BCUT2D eigenvalue weighted by molar-refractivity contribution is 0.0355. The molecule has 1 aromatic carbocycles. The number of rotatable bonds is 2. The second-order valence-electron chi connectivity index (χ2n) is 4.52. The maximum Gasteiger partial charge on any atom is 0.256 e. The molecule has 2 atom stereocenters. The average Bonchev–Trinajstić information content (AvgIpc) is 2.97. The van der Waals surface area contributed by atoms with Crippen molar-refractivity contribution in [2.45, 2.75) is 32.0 Å². The third kappa shape index (κ3) is 2.09. The van der Waals surface area contributed by atoms with Crippen LogP contribution in [0.5, 0.6) is 5.75 Å². The zero-order valence-corrected chi connectivity index (χ0v) is 10.0. The highest BCUT2D eigenvalue weighted by atomic mass is 16.5. The maximum absolute atomic E-state index is 9.42. The molecule has 18 heavy (non-hydrogen) atoms. The molecule has 5 nitrogen and oxygen atoms in total. The third-order valence-corrected chi connectivity index (χ3v) is 3.05. The van der Waals surface area contributed by atoms with Crippen molar-refractivity contribution in [2.75, 3.05) is 0 Å². The van der Waals surface area contributed by atoms with E-state index in [1.165, 1.54) is 0 Å². The van der Waals surface area contributed by atoms with Crippen LogP contribution in [0.1, 0.15) is 31.8 Å². The van der Waals surface area contributed by atoms with Crippen LogP contribution in [0.2, 0.25) is 0 Å². The van der Waals surface area contributed by atoms with Gasteiger partial charge in [-0.2, -0.15) is 4.98 Å². The smallest absolute Gasteiger partial charge is 0.256 e. The molecule has 1 aliphatic heterocycles. The second kappa shape index (κ2) is 4.42. The van der Waals surface area contributed by atoms with Gasteiger partial charge < -0.3 is 14.4 Å². The highest BCUT2D eigenvalue weighted by Crippen LogP contribution is 2.32. The molecule has 0 saturated carbocycles. The van der Waals surface area contributed by atoms with Gasteiger partial charge in [-0.3, -0.25) is 0 Å². The third-order valence-electron chi connectivity index (χ3n) is 3.05. The molecule has 0 bridgehead atoms. The van der Waals surface area contributed by atoms with Crippen molar-refractivity contribution in [1.29, 1.82) is 0 Å². The second-order valence-corrected chi connectivity index (χ2v) is 4.52. The Morgan fingerprint density at radius 1 is 1.33 bits per heavy atom. The molecule has 1 aliphatic rings. The van der Waals surface area contributed by atoms with Crippen molar-refractivity contribution in [3.05, 3.63) is 30.2 Å². The van der Waals surface area contributed by atoms with E-state index in [9.17, 15) is 5.11 Å². The summed E-state index contributed by atoms with van der Waals surface area (Å²) in [5.74, 6) is 1.17. The minimum atomic E-state index is -0.0986. The van der Waals surface area contributed by atoms with Crippen molar-refractivity contribution < 1.29 is 14.4 Å². The molecular formula is C13H14N2O3. The molecule has 0 amide bonds. The molecule has 2 heterocycles. The molecule has 1 fully saturated rings. The fraction of sp³-hybridized carbons (Fsp3) is 0.385. The molecule has 0 spiro atoms. The lowest BCUT2D eigenvalue weighted by Gasteiger charge is -2.04. The van der Waals surface area contributed by atoms with E-state index in [1.54, 1.807) is 18.2 Å². The van der Waals surface area contributed by atoms with Crippen LogP contribution in [0.15, 0.2) is 28.8 Å². The number of nitrogens with zero attached hydrogens (tertiary/aromatic N) is 2. The van der Waals surface area contributed by atoms with Crippen LogP contribution >= 0.6 is 0 Å². The zero-order chi connectivity index (χ0) is 12.5. The Kier molecular flexibility index (Phi) is 2.76. The van der Waals surface area contributed by atoms with Crippen LogP contribution in [0.25, 0.3) is 11.4 Å². The predicted octanol–water partition coefficient (Wildman–Crippen LogP) is 2.68. The molecule has 0 aliphatic carbocycles. The summed E-state index contributed by atoms with van der Waals surface area (Å²) in [6.07, 6.45) is 2.06. The summed E-state index contributed by atoms with van der Waals surface area (Å²) in [6, 6.07) is 6.78. The van der Waals surface area contributed by atoms with Gasteiger partial charge in [-0.25, -0.2) is 0 Å². The number of ether oxygens (including phenoxy) is 1. The summed E-state index contributed by atoms with van der Waals surface area (Å²) in [5, 5.41) is 13.3. The van der Waals surface area contributed by atoms with Gasteiger partial charge >= 0.3 is 0 Å². The SMILES string of the molecule is CC1CCC(c2nc(-c3cccc(O)c3)no2)O1. The lowest BCUT2D eigenvalue weighted by atomic mass is 10.2. The minimum absolute atomic E-state index is 0.0986. The van der Waals surface area contributed by atoms with Gasteiger partial charge in [-0.15, -0.1) is 0 Å². The standard InChI is InChI=1S/C13H14N2O3/c1-8-5-6-11(17-8)13-14-12(15-18-13)9-3-2-4-10(16)7-9/h2-4,7-8,11,16H,5-6H2,1H3. The van der Waals surface area contributed by atoms with Gasteiger partial charge in [0.25, 0.3) is 5.89 Å². The van der Waals surface area contributed by atoms with Crippen LogP contribution in [0.3, 0.4) is 0 Å². The van der Waals surface area contributed by atoms with E-state index >= 15 is 0 Å². The van der Waals surface area contributed by atoms with Crippen molar-refractivity contribution in [2.24, 2.45) is 0 Å². The predicted molar refractivity (Wildman–Crippen MR) is 63.9 cm³/mol. The van der Waals surface area contributed by atoms with Crippen LogP contribution in [0.4, 0.5) is 0 Å². The first-order valence-electron chi connectivity index (χ1n) is 6.01. The fourth-order valence-electron chi connectivity index (χ4n) is 2.11. The van der Waals surface area contributed by atoms with Gasteiger partial charge in [0, 0.05) is 5.56 Å². The van der Waals surface area contributed by atoms with Crippen LogP contribution < -0.4 is 0 Å². The van der Waals surface area contributed by atoms with Gasteiger partial charge in [-0.1, -0.05) is 17.3 Å². The number of phenolic OH excluding ortho intramolecular Hbond substituents is 1. The summed E-state index contributed by atoms with van der Waals surface area (Å²) in [7, 11) is 0. The minimum Gasteiger partial charge on any atom is -0.508 e. The van der Waals surface area contributed by atoms with E-state index in [1.807, 2.05) is 13.0 Å². The number of hydrogen-bond acceptors (Lipinski definition) is 5. The molecule has 94 valence electrons. The van der Waals surface area contributed by atoms with Gasteiger partial charge in [0.05, 0.1) is 6.10 Å². The van der Waals surface area contributed by atoms with Crippen molar-refractivity contribution in [1.82, 2.24) is 10.1 Å². The van der Waals surface area contributed by atoms with Gasteiger partial charge in [0.2, 0.25) is 5.82 Å². The fourth-order valence-corrected chi connectivity index (χ4v) is 2.11. The number of aromatic nitrogens is 2. The zero-order valence-electron chi connectivity index (χ0n) is 10.0. The maximum atomic E-state index is 9.42. The summed E-state index contributed by atoms with van der Waals surface area (Å²) < 4.78 is 10.9. The van der Waals surface area contributed by atoms with Gasteiger partial charge in [0.15, 0.2) is 0 Å². The largest absolute Gasteiger partial charge is 0.508 e. The molecule has 2 unspecified atom stereocenters. The molecule has 1 saturated heterocycles. The summed E-state index contributed by atoms with van der Waals surface area (Å²) in [4.78, 5) is 4.32. The van der Waals surface area contributed by atoms with Crippen molar-refractivity contribution >= 4 is 0 Å². The molecular weight excluding hydrogens is 232 g/mol. The molecule has 3 rings (SSSR count). The van der Waals surface area contributed by atoms with Crippen LogP contribution in [0, 0.1) is 0 Å². The highest BCUT2D eigenvalue weighted by Gasteiger charge is 2.28. The lowest BCUT2D eigenvalue weighted by Crippen LogP contribution is -2.01. The van der Waals surface area contributed by atoms with Gasteiger partial charge in [0.1, 0.15) is 11.9 Å². The Labute approximate surface area is 104 Å². The van der Waals surface area contributed by atoms with Crippen LogP contribution in [-0.2, 0) is 4.74 Å². The van der Waals surface area contributed by atoms with E-state index in [0.29, 0.717) is 11.7 Å². The van der Waals surface area contributed by atoms with Crippen LogP contribution in [-0.4, -0.2) is 21.4 Å². The monoisotopic (exact) mass is 246 g/mol. The first-order valence-corrected chi connectivity index (χ1v) is 6.01. The Morgan fingerprint density at radius 3 is 2.94 bits per heavy atom. The number of benzene rings is 1. The molecule has 5 heteroatoms. The average molecular weight is 246 g/mol. The number of phenols is 1. The van der Waals surface area contributed by atoms with Gasteiger partial charge in [-0.05, 0) is 31.9 Å². The normalized spacial score (nSPS) is 23.4. The first kappa shape index (κ1) is 11.2. The van der Waals surface area contributed by atoms with E-state index in [0.717, 1.165) is 18.4 Å². The Balaban J connectivity index is 1.85.